The molecule has 2 N–H and O–H groups in total. The van der Waals surface area contributed by atoms with E-state index in [-0.39, 0.29) is 18.0 Å². The summed E-state index contributed by atoms with van der Waals surface area (Å²) < 4.78 is 0. The van der Waals surface area contributed by atoms with Gasteiger partial charge in [0.25, 0.3) is 0 Å². The van der Waals surface area contributed by atoms with Crippen molar-refractivity contribution in [3.05, 3.63) is 36.2 Å². The monoisotopic (exact) mass is 313 g/mol. The molecule has 2 amide bonds. The van der Waals surface area contributed by atoms with Crippen molar-refractivity contribution in [1.82, 2.24) is 25.4 Å². The molecule has 1 aliphatic heterocycles. The Hall–Kier alpha value is -2.37. The maximum Gasteiger partial charge on any atom is 0.317 e. The average molecular weight is 313 g/mol. The van der Waals surface area contributed by atoms with Gasteiger partial charge in [-0.15, -0.1) is 0 Å². The molecule has 6 nitrogen and oxygen atoms in total. The van der Waals surface area contributed by atoms with Crippen LogP contribution >= 0.6 is 0 Å². The fourth-order valence-corrected chi connectivity index (χ4v) is 2.90. The number of hydrogen-bond donors (Lipinski definition) is 2. The van der Waals surface area contributed by atoms with E-state index in [4.69, 9.17) is 0 Å². The van der Waals surface area contributed by atoms with Crippen LogP contribution in [-0.4, -0.2) is 45.2 Å². The molecule has 0 bridgehead atoms. The number of amides is 2. The zero-order valence-electron chi connectivity index (χ0n) is 13.6. The molecule has 1 aromatic heterocycles. The number of piperidine rings is 1. The Morgan fingerprint density at radius 1 is 1.35 bits per heavy atom. The van der Waals surface area contributed by atoms with Gasteiger partial charge in [-0.1, -0.05) is 30.3 Å². The van der Waals surface area contributed by atoms with Crippen molar-refractivity contribution in [3.63, 3.8) is 0 Å². The molecule has 1 aromatic carbocycles. The molecule has 3 rings (SSSR count). The zero-order chi connectivity index (χ0) is 16.2. The number of carbonyl (C=O) groups excluding carboxylic acids is 1. The molecule has 0 aliphatic carbocycles. The number of carbonyl (C=O) groups is 1. The molecule has 1 aliphatic rings. The van der Waals surface area contributed by atoms with Gasteiger partial charge in [0.15, 0.2) is 5.82 Å². The molecule has 0 spiro atoms. The van der Waals surface area contributed by atoms with Crippen LogP contribution in [0.2, 0.25) is 0 Å². The molecular formula is C17H23N5O. The summed E-state index contributed by atoms with van der Waals surface area (Å²) in [6.45, 7) is 5.43. The third-order valence-electron chi connectivity index (χ3n) is 4.04. The molecule has 0 saturated carbocycles. The van der Waals surface area contributed by atoms with Crippen LogP contribution in [0.4, 0.5) is 4.79 Å². The van der Waals surface area contributed by atoms with Crippen LogP contribution in [0.5, 0.6) is 0 Å². The van der Waals surface area contributed by atoms with Crippen molar-refractivity contribution in [1.29, 1.82) is 0 Å². The lowest BCUT2D eigenvalue weighted by molar-refractivity contribution is 0.176. The Kier molecular flexibility index (Phi) is 4.60. The summed E-state index contributed by atoms with van der Waals surface area (Å²) in [4.78, 5) is 18.7. The van der Waals surface area contributed by atoms with Crippen molar-refractivity contribution < 1.29 is 4.79 Å². The van der Waals surface area contributed by atoms with Gasteiger partial charge in [0, 0.05) is 30.6 Å². The summed E-state index contributed by atoms with van der Waals surface area (Å²) in [6.07, 6.45) is 2.01. The molecule has 0 unspecified atom stereocenters. The zero-order valence-corrected chi connectivity index (χ0v) is 13.6. The predicted octanol–water partition coefficient (Wildman–Crippen LogP) is 2.77. The van der Waals surface area contributed by atoms with Crippen LogP contribution in [0.25, 0.3) is 11.4 Å². The molecular weight excluding hydrogens is 290 g/mol. The Morgan fingerprint density at radius 2 is 2.13 bits per heavy atom. The second-order valence-corrected chi connectivity index (χ2v) is 6.30. The maximum absolute atomic E-state index is 12.2. The highest BCUT2D eigenvalue weighted by Gasteiger charge is 2.27. The molecule has 1 fully saturated rings. The van der Waals surface area contributed by atoms with E-state index in [1.807, 2.05) is 49.1 Å². The van der Waals surface area contributed by atoms with E-state index in [1.54, 1.807) is 0 Å². The highest BCUT2D eigenvalue weighted by Crippen LogP contribution is 2.26. The number of likely N-dealkylation sites (tertiary alicyclic amines) is 1. The smallest absolute Gasteiger partial charge is 0.317 e. The highest BCUT2D eigenvalue weighted by molar-refractivity contribution is 5.74. The molecule has 0 radical (unpaired) electrons. The minimum atomic E-state index is 0.00694. The third-order valence-corrected chi connectivity index (χ3v) is 4.04. The van der Waals surface area contributed by atoms with Crippen molar-refractivity contribution in [2.75, 3.05) is 13.1 Å². The van der Waals surface area contributed by atoms with Crippen LogP contribution in [0.15, 0.2) is 30.3 Å². The van der Waals surface area contributed by atoms with E-state index in [9.17, 15) is 4.79 Å². The quantitative estimate of drug-likeness (QED) is 0.915. The van der Waals surface area contributed by atoms with Crippen LogP contribution in [-0.2, 0) is 0 Å². The lowest BCUT2D eigenvalue weighted by Gasteiger charge is -2.32. The minimum Gasteiger partial charge on any atom is -0.336 e. The summed E-state index contributed by atoms with van der Waals surface area (Å²) in [5.74, 6) is 1.79. The Balaban J connectivity index is 1.70. The number of benzene rings is 1. The van der Waals surface area contributed by atoms with Gasteiger partial charge in [0.2, 0.25) is 0 Å². The number of H-pyrrole nitrogens is 1. The summed E-state index contributed by atoms with van der Waals surface area (Å²) in [5, 5.41) is 10.3. The first kappa shape index (κ1) is 15.5. The summed E-state index contributed by atoms with van der Waals surface area (Å²) in [5.41, 5.74) is 1.00. The number of nitrogens with one attached hydrogen (secondary N) is 2. The first-order valence-electron chi connectivity index (χ1n) is 8.16. The molecule has 23 heavy (non-hydrogen) atoms. The van der Waals surface area contributed by atoms with E-state index < -0.39 is 0 Å². The van der Waals surface area contributed by atoms with Gasteiger partial charge in [-0.25, -0.2) is 9.78 Å². The molecule has 1 saturated heterocycles. The van der Waals surface area contributed by atoms with E-state index in [2.05, 4.69) is 20.5 Å². The van der Waals surface area contributed by atoms with E-state index in [1.165, 1.54) is 0 Å². The lowest BCUT2D eigenvalue weighted by Crippen LogP contribution is -2.47. The predicted molar refractivity (Wildman–Crippen MR) is 89.0 cm³/mol. The fourth-order valence-electron chi connectivity index (χ4n) is 2.90. The average Bonchev–Trinajstić information content (AvgIpc) is 3.05. The number of rotatable bonds is 3. The van der Waals surface area contributed by atoms with Gasteiger partial charge in [0.1, 0.15) is 5.82 Å². The number of nitrogens with zero attached hydrogens (tertiary/aromatic N) is 3. The van der Waals surface area contributed by atoms with Crippen molar-refractivity contribution in [2.24, 2.45) is 0 Å². The van der Waals surface area contributed by atoms with Crippen molar-refractivity contribution in [2.45, 2.75) is 38.6 Å². The van der Waals surface area contributed by atoms with Gasteiger partial charge in [-0.3, -0.25) is 5.10 Å². The van der Waals surface area contributed by atoms with Crippen LogP contribution in [0, 0.1) is 0 Å². The fraction of sp³-hybridized carbons (Fsp3) is 0.471. The second kappa shape index (κ2) is 6.81. The number of urea groups is 1. The Labute approximate surface area is 136 Å². The van der Waals surface area contributed by atoms with Gasteiger partial charge >= 0.3 is 6.03 Å². The van der Waals surface area contributed by atoms with Crippen molar-refractivity contribution in [3.8, 4) is 11.4 Å². The number of aromatic nitrogens is 3. The topological polar surface area (TPSA) is 73.9 Å². The number of aromatic amines is 1. The standard InChI is InChI=1S/C17H23N5O/c1-12(2)18-17(23)22-10-6-9-14(11-22)16-19-15(20-21-16)13-7-4-3-5-8-13/h3-5,7-8,12,14H,6,9-11H2,1-2H3,(H,18,23)(H,19,20,21)/t14-/m0/s1. The van der Waals surface area contributed by atoms with Gasteiger partial charge in [0.05, 0.1) is 0 Å². The third kappa shape index (κ3) is 3.70. The van der Waals surface area contributed by atoms with E-state index in [0.717, 1.165) is 30.8 Å². The maximum atomic E-state index is 12.2. The molecule has 6 heteroatoms. The minimum absolute atomic E-state index is 0.00694. The number of hydrogen-bond acceptors (Lipinski definition) is 3. The normalized spacial score (nSPS) is 18.2. The summed E-state index contributed by atoms with van der Waals surface area (Å²) >= 11 is 0. The van der Waals surface area contributed by atoms with E-state index in [0.29, 0.717) is 12.4 Å². The first-order valence-corrected chi connectivity index (χ1v) is 8.16. The highest BCUT2D eigenvalue weighted by atomic mass is 16.2. The lowest BCUT2D eigenvalue weighted by atomic mass is 9.97. The largest absolute Gasteiger partial charge is 0.336 e. The SMILES string of the molecule is CC(C)NC(=O)N1CCC[C@H](c2nc(-c3ccccc3)n[nH]2)C1. The Bertz CT molecular complexity index is 652. The van der Waals surface area contributed by atoms with E-state index >= 15 is 0 Å². The summed E-state index contributed by atoms with van der Waals surface area (Å²) in [7, 11) is 0. The van der Waals surface area contributed by atoms with Crippen molar-refractivity contribution >= 4 is 6.03 Å². The molecule has 122 valence electrons. The van der Waals surface area contributed by atoms with Gasteiger partial charge < -0.3 is 10.2 Å². The Morgan fingerprint density at radius 3 is 2.87 bits per heavy atom. The first-order chi connectivity index (χ1) is 11.1. The second-order valence-electron chi connectivity index (χ2n) is 6.30. The molecule has 1 atom stereocenters. The molecule has 2 aromatic rings. The van der Waals surface area contributed by atoms with Gasteiger partial charge in [-0.2, -0.15) is 5.10 Å². The van der Waals surface area contributed by atoms with Crippen LogP contribution in [0.1, 0.15) is 38.4 Å². The summed E-state index contributed by atoms with van der Waals surface area (Å²) in [6, 6.07) is 10.1. The van der Waals surface area contributed by atoms with Crippen LogP contribution < -0.4 is 5.32 Å². The van der Waals surface area contributed by atoms with Crippen LogP contribution in [0.3, 0.4) is 0 Å². The molecule has 2 heterocycles. The van der Waals surface area contributed by atoms with Gasteiger partial charge in [-0.05, 0) is 26.7 Å².